The van der Waals surface area contributed by atoms with Gasteiger partial charge in [-0.05, 0) is 50.6 Å². The van der Waals surface area contributed by atoms with Crippen molar-refractivity contribution in [3.05, 3.63) is 82.1 Å². The van der Waals surface area contributed by atoms with Crippen LogP contribution in [0.25, 0.3) is 11.3 Å². The van der Waals surface area contributed by atoms with Crippen molar-refractivity contribution < 1.29 is 14.3 Å². The highest BCUT2D eigenvalue weighted by Gasteiger charge is 2.21. The van der Waals surface area contributed by atoms with E-state index in [2.05, 4.69) is 10.4 Å². The zero-order chi connectivity index (χ0) is 22.4. The van der Waals surface area contributed by atoms with Gasteiger partial charge in [-0.1, -0.05) is 36.8 Å². The van der Waals surface area contributed by atoms with E-state index in [-0.39, 0.29) is 11.5 Å². The first kappa shape index (κ1) is 22.0. The number of hydrogen-bond donors (Lipinski definition) is 1. The number of benzene rings is 2. The molecule has 0 radical (unpaired) electrons. The van der Waals surface area contributed by atoms with Crippen LogP contribution in [0.4, 0.5) is 5.69 Å². The highest BCUT2D eigenvalue weighted by Crippen LogP contribution is 2.19. The van der Waals surface area contributed by atoms with Crippen molar-refractivity contribution in [2.75, 3.05) is 11.9 Å². The number of aryl methyl sites for hydroxylation is 1. The number of carbonyl (C=O) groups excluding carboxylic acids is 2. The summed E-state index contributed by atoms with van der Waals surface area (Å²) in [6.45, 7) is 5.84. The minimum absolute atomic E-state index is 0.291. The molecule has 0 bridgehead atoms. The van der Waals surface area contributed by atoms with E-state index in [1.165, 1.54) is 10.7 Å². The summed E-state index contributed by atoms with van der Waals surface area (Å²) in [4.78, 5) is 37.1. The number of ether oxygens (including phenoxy) is 1. The average molecular weight is 419 g/mol. The minimum Gasteiger partial charge on any atom is -0.462 e. The van der Waals surface area contributed by atoms with Crippen LogP contribution in [0.5, 0.6) is 0 Å². The third kappa shape index (κ3) is 5.25. The summed E-state index contributed by atoms with van der Waals surface area (Å²) < 4.78 is 6.18. The van der Waals surface area contributed by atoms with E-state index in [4.69, 9.17) is 4.74 Å². The van der Waals surface area contributed by atoms with Gasteiger partial charge in [0.15, 0.2) is 0 Å². The van der Waals surface area contributed by atoms with Crippen LogP contribution in [0, 0.1) is 6.92 Å². The zero-order valence-corrected chi connectivity index (χ0v) is 17.8. The largest absolute Gasteiger partial charge is 0.462 e. The second-order valence-electron chi connectivity index (χ2n) is 7.08. The molecule has 160 valence electrons. The van der Waals surface area contributed by atoms with Crippen LogP contribution in [0.15, 0.2) is 65.5 Å². The Kier molecular flexibility index (Phi) is 6.97. The van der Waals surface area contributed by atoms with Gasteiger partial charge >= 0.3 is 5.97 Å². The first-order valence-corrected chi connectivity index (χ1v) is 10.2. The molecular formula is C24H25N3O4. The second-order valence-corrected chi connectivity index (χ2v) is 7.08. The van der Waals surface area contributed by atoms with Gasteiger partial charge in [0.25, 0.3) is 5.56 Å². The Morgan fingerprint density at radius 3 is 2.29 bits per heavy atom. The zero-order valence-electron chi connectivity index (χ0n) is 17.8. The number of anilines is 1. The lowest BCUT2D eigenvalue weighted by atomic mass is 10.1. The Labute approximate surface area is 180 Å². The first-order valence-electron chi connectivity index (χ1n) is 10.2. The summed E-state index contributed by atoms with van der Waals surface area (Å²) in [5.74, 6) is -0.780. The maximum atomic E-state index is 12.9. The fraction of sp³-hybridized carbons (Fsp3) is 0.250. The fourth-order valence-electron chi connectivity index (χ4n) is 3.13. The summed E-state index contributed by atoms with van der Waals surface area (Å²) >= 11 is 0. The molecule has 1 N–H and O–H groups in total. The van der Waals surface area contributed by atoms with Gasteiger partial charge in [-0.25, -0.2) is 9.48 Å². The van der Waals surface area contributed by atoms with Crippen molar-refractivity contribution in [2.45, 2.75) is 33.2 Å². The highest BCUT2D eigenvalue weighted by atomic mass is 16.5. The van der Waals surface area contributed by atoms with Crippen LogP contribution < -0.4 is 10.9 Å². The topological polar surface area (TPSA) is 90.3 Å². The Morgan fingerprint density at radius 2 is 1.68 bits per heavy atom. The van der Waals surface area contributed by atoms with Gasteiger partial charge in [0.1, 0.15) is 6.04 Å². The molecule has 0 fully saturated rings. The van der Waals surface area contributed by atoms with Gasteiger partial charge in [-0.15, -0.1) is 0 Å². The predicted octanol–water partition coefficient (Wildman–Crippen LogP) is 3.99. The van der Waals surface area contributed by atoms with Crippen LogP contribution in [0.2, 0.25) is 0 Å². The molecule has 7 nitrogen and oxygen atoms in total. The average Bonchev–Trinajstić information content (AvgIpc) is 2.77. The monoisotopic (exact) mass is 419 g/mol. The number of hydrogen-bond acceptors (Lipinski definition) is 5. The molecule has 0 saturated carbocycles. The molecule has 0 aliphatic rings. The molecule has 0 aliphatic heterocycles. The highest BCUT2D eigenvalue weighted by molar-refractivity contribution is 5.95. The van der Waals surface area contributed by atoms with E-state index in [0.29, 0.717) is 30.0 Å². The number of carbonyl (C=O) groups is 2. The van der Waals surface area contributed by atoms with E-state index in [9.17, 15) is 14.4 Å². The summed E-state index contributed by atoms with van der Waals surface area (Å²) in [5, 5.41) is 7.24. The Balaban J connectivity index is 1.82. The maximum Gasteiger partial charge on any atom is 0.338 e. The summed E-state index contributed by atoms with van der Waals surface area (Å²) in [6, 6.07) is 16.5. The maximum absolute atomic E-state index is 12.9. The van der Waals surface area contributed by atoms with Crippen LogP contribution in [-0.4, -0.2) is 28.3 Å². The molecule has 0 spiro atoms. The summed E-state index contributed by atoms with van der Waals surface area (Å²) in [7, 11) is 0. The van der Waals surface area contributed by atoms with Crippen molar-refractivity contribution in [3.8, 4) is 11.3 Å². The number of rotatable bonds is 7. The fourth-order valence-corrected chi connectivity index (χ4v) is 3.13. The van der Waals surface area contributed by atoms with Crippen molar-refractivity contribution in [1.29, 1.82) is 0 Å². The van der Waals surface area contributed by atoms with E-state index in [1.54, 1.807) is 37.3 Å². The third-order valence-electron chi connectivity index (χ3n) is 4.82. The Morgan fingerprint density at radius 1 is 1.00 bits per heavy atom. The molecule has 1 aromatic heterocycles. The molecule has 1 amide bonds. The number of esters is 1. The molecule has 1 atom stereocenters. The van der Waals surface area contributed by atoms with Crippen molar-refractivity contribution in [1.82, 2.24) is 9.78 Å². The molecule has 31 heavy (non-hydrogen) atoms. The Bertz CT molecular complexity index is 1120. The molecular weight excluding hydrogens is 394 g/mol. The normalized spacial score (nSPS) is 11.6. The van der Waals surface area contributed by atoms with Gasteiger partial charge in [-0.2, -0.15) is 5.10 Å². The standard InChI is InChI=1S/C24H25N3O4/c1-4-21(23(29)25-19-12-10-18(11-13-19)24(30)31-5-2)27-22(28)15-14-20(26-27)17-8-6-16(3)7-9-17/h6-15,21H,4-5H2,1-3H3,(H,25,29)/t21-/m0/s1. The van der Waals surface area contributed by atoms with E-state index < -0.39 is 12.0 Å². The van der Waals surface area contributed by atoms with Gasteiger partial charge in [0.05, 0.1) is 17.9 Å². The van der Waals surface area contributed by atoms with Crippen molar-refractivity contribution in [2.24, 2.45) is 0 Å². The molecule has 2 aromatic carbocycles. The van der Waals surface area contributed by atoms with Crippen LogP contribution >= 0.6 is 0 Å². The molecule has 3 rings (SSSR count). The lowest BCUT2D eigenvalue weighted by Gasteiger charge is -2.17. The van der Waals surface area contributed by atoms with Gasteiger partial charge in [-0.3, -0.25) is 9.59 Å². The van der Waals surface area contributed by atoms with E-state index >= 15 is 0 Å². The quantitative estimate of drug-likeness (QED) is 0.585. The van der Waals surface area contributed by atoms with Gasteiger partial charge in [0, 0.05) is 17.3 Å². The molecule has 0 saturated heterocycles. The lowest BCUT2D eigenvalue weighted by Crippen LogP contribution is -2.34. The summed E-state index contributed by atoms with van der Waals surface area (Å²) in [6.07, 6.45) is 0.386. The van der Waals surface area contributed by atoms with Crippen molar-refractivity contribution in [3.63, 3.8) is 0 Å². The molecule has 0 aliphatic carbocycles. The van der Waals surface area contributed by atoms with E-state index in [0.717, 1.165) is 11.1 Å². The number of nitrogens with one attached hydrogen (secondary N) is 1. The predicted molar refractivity (Wildman–Crippen MR) is 119 cm³/mol. The third-order valence-corrected chi connectivity index (χ3v) is 4.82. The van der Waals surface area contributed by atoms with Crippen LogP contribution in [0.1, 0.15) is 42.2 Å². The van der Waals surface area contributed by atoms with Gasteiger partial charge < -0.3 is 10.1 Å². The molecule has 3 aromatic rings. The minimum atomic E-state index is -0.775. The van der Waals surface area contributed by atoms with Crippen molar-refractivity contribution >= 4 is 17.6 Å². The van der Waals surface area contributed by atoms with Gasteiger partial charge in [0.2, 0.25) is 5.91 Å². The molecule has 0 unspecified atom stereocenters. The first-order chi connectivity index (χ1) is 14.9. The van der Waals surface area contributed by atoms with Crippen LogP contribution in [0.3, 0.4) is 0 Å². The Hall–Kier alpha value is -3.74. The number of nitrogens with zero attached hydrogens (tertiary/aromatic N) is 2. The van der Waals surface area contributed by atoms with E-state index in [1.807, 2.05) is 38.1 Å². The van der Waals surface area contributed by atoms with Crippen LogP contribution in [-0.2, 0) is 9.53 Å². The summed E-state index contributed by atoms with van der Waals surface area (Å²) in [5.41, 5.74) is 3.16. The number of aromatic nitrogens is 2. The molecule has 7 heteroatoms. The number of amides is 1. The smallest absolute Gasteiger partial charge is 0.338 e. The molecule has 1 heterocycles. The SMILES string of the molecule is CCOC(=O)c1ccc(NC(=O)[C@H](CC)n2nc(-c3ccc(C)cc3)ccc2=O)cc1. The lowest BCUT2D eigenvalue weighted by molar-refractivity contribution is -0.119. The second kappa shape index (κ2) is 9.84.